The maximum absolute atomic E-state index is 13.8. The summed E-state index contributed by atoms with van der Waals surface area (Å²) in [6.45, 7) is 22.8. The average molecular weight is 438 g/mol. The molecule has 7 nitrogen and oxygen atoms in total. The molecule has 0 aromatic rings. The van der Waals surface area contributed by atoms with E-state index < -0.39 is 35.9 Å². The summed E-state index contributed by atoms with van der Waals surface area (Å²) in [7, 11) is -3.60. The van der Waals surface area contributed by atoms with Crippen molar-refractivity contribution in [1.29, 1.82) is 0 Å². The zero-order valence-electron chi connectivity index (χ0n) is 20.6. The van der Waals surface area contributed by atoms with Crippen molar-refractivity contribution in [3.05, 3.63) is 0 Å². The van der Waals surface area contributed by atoms with Crippen LogP contribution in [0.25, 0.3) is 0 Å². The third-order valence-corrected chi connectivity index (χ3v) is 7.10. The first-order chi connectivity index (χ1) is 13.0. The molecule has 2 unspecified atom stereocenters. The van der Waals surface area contributed by atoms with Gasteiger partial charge in [0.05, 0.1) is 19.3 Å². The maximum Gasteiger partial charge on any atom is 0.350 e. The summed E-state index contributed by atoms with van der Waals surface area (Å²) >= 11 is 0. The second-order valence-electron chi connectivity index (χ2n) is 9.84. The number of esters is 1. The van der Waals surface area contributed by atoms with Crippen LogP contribution in [0.2, 0.25) is 0 Å². The Balaban J connectivity index is 6.27. The number of ether oxygens (including phenoxy) is 1. The third kappa shape index (κ3) is 8.29. The summed E-state index contributed by atoms with van der Waals surface area (Å²) in [5.41, 5.74) is -2.43. The molecule has 0 heterocycles. The minimum absolute atomic E-state index is 0.218. The van der Waals surface area contributed by atoms with E-state index in [1.807, 2.05) is 55.4 Å². The smallest absolute Gasteiger partial charge is 0.350 e. The highest BCUT2D eigenvalue weighted by Crippen LogP contribution is 2.61. The zero-order chi connectivity index (χ0) is 23.3. The molecule has 0 spiro atoms. The van der Waals surface area contributed by atoms with Crippen molar-refractivity contribution in [3.63, 3.8) is 0 Å². The van der Waals surface area contributed by atoms with Crippen LogP contribution in [-0.2, 0) is 28.0 Å². The molecule has 8 heteroatoms. The van der Waals surface area contributed by atoms with Gasteiger partial charge in [0.1, 0.15) is 5.78 Å². The Morgan fingerprint density at radius 2 is 1.38 bits per heavy atom. The summed E-state index contributed by atoms with van der Waals surface area (Å²) in [5, 5.41) is 1.61. The number of hydrogen-bond donors (Lipinski definition) is 0. The van der Waals surface area contributed by atoms with Crippen LogP contribution in [0.3, 0.4) is 0 Å². The molecule has 0 saturated carbocycles. The van der Waals surface area contributed by atoms with E-state index >= 15 is 0 Å². The van der Waals surface area contributed by atoms with Gasteiger partial charge in [0, 0.05) is 5.54 Å². The van der Waals surface area contributed by atoms with Crippen molar-refractivity contribution >= 4 is 13.6 Å². The summed E-state index contributed by atoms with van der Waals surface area (Å²) in [6.07, 6.45) is 0.490. The van der Waals surface area contributed by atoms with Gasteiger partial charge in [-0.3, -0.25) is 9.40 Å². The number of hydroxylamine groups is 2. The van der Waals surface area contributed by atoms with Gasteiger partial charge < -0.3 is 13.8 Å². The second kappa shape index (κ2) is 10.7. The average Bonchev–Trinajstić information content (AvgIpc) is 2.51. The first-order valence-corrected chi connectivity index (χ1v) is 12.2. The van der Waals surface area contributed by atoms with Gasteiger partial charge in [-0.15, -0.1) is 0 Å². The number of carbonyl (C=O) groups excluding carboxylic acids is 1. The molecule has 0 amide bonds. The molecule has 0 radical (unpaired) electrons. The quantitative estimate of drug-likeness (QED) is 0.230. The Hall–Kier alpha value is -0.460. The lowest BCUT2D eigenvalue weighted by molar-refractivity contribution is -0.293. The first kappa shape index (κ1) is 28.5. The fourth-order valence-corrected chi connectivity index (χ4v) is 5.41. The van der Waals surface area contributed by atoms with Gasteiger partial charge in [-0.2, -0.15) is 5.06 Å². The van der Waals surface area contributed by atoms with Gasteiger partial charge >= 0.3 is 13.6 Å². The van der Waals surface area contributed by atoms with Crippen molar-refractivity contribution in [2.75, 3.05) is 13.2 Å². The molecule has 0 N–H and O–H groups in total. The Bertz CT molecular complexity index is 554. The molecule has 0 rings (SSSR count). The summed E-state index contributed by atoms with van der Waals surface area (Å²) in [5.74, 6) is -1.22. The van der Waals surface area contributed by atoms with Gasteiger partial charge in [-0.25, -0.2) is 4.79 Å². The lowest BCUT2D eigenvalue weighted by Crippen LogP contribution is -2.57. The summed E-state index contributed by atoms with van der Waals surface area (Å²) in [6, 6.07) is 0. The van der Waals surface area contributed by atoms with E-state index in [9.17, 15) is 9.36 Å². The predicted octanol–water partition coefficient (Wildman–Crippen LogP) is 5.78. The van der Waals surface area contributed by atoms with Crippen LogP contribution < -0.4 is 0 Å². The SMILES string of the molecule is CCOP(=O)(OCC)C(N(OC(C)(C)C(=O)OC(C)CC)C(C)(C)C)C(C)(C)C. The molecule has 0 fully saturated rings. The molecular formula is C21H44NO6P. The van der Waals surface area contributed by atoms with Crippen LogP contribution in [0.4, 0.5) is 0 Å². The van der Waals surface area contributed by atoms with Crippen molar-refractivity contribution in [3.8, 4) is 0 Å². The number of hydrogen-bond acceptors (Lipinski definition) is 7. The van der Waals surface area contributed by atoms with Crippen molar-refractivity contribution in [2.24, 2.45) is 5.41 Å². The normalized spacial score (nSPS) is 16.0. The van der Waals surface area contributed by atoms with E-state index in [1.54, 1.807) is 32.8 Å². The van der Waals surface area contributed by atoms with Crippen LogP contribution in [0.15, 0.2) is 0 Å². The van der Waals surface area contributed by atoms with E-state index in [0.717, 1.165) is 0 Å². The molecular weight excluding hydrogens is 393 g/mol. The molecule has 0 aromatic heterocycles. The fourth-order valence-electron chi connectivity index (χ4n) is 2.74. The van der Waals surface area contributed by atoms with Crippen molar-refractivity contribution in [2.45, 2.75) is 113 Å². The molecule has 0 aliphatic rings. The van der Waals surface area contributed by atoms with E-state index in [0.29, 0.717) is 6.42 Å². The maximum atomic E-state index is 13.8. The second-order valence-corrected chi connectivity index (χ2v) is 11.9. The minimum atomic E-state index is -3.60. The Morgan fingerprint density at radius 3 is 1.69 bits per heavy atom. The number of carbonyl (C=O) groups is 1. The van der Waals surface area contributed by atoms with E-state index in [-0.39, 0.29) is 19.3 Å². The predicted molar refractivity (Wildman–Crippen MR) is 117 cm³/mol. The highest BCUT2D eigenvalue weighted by molar-refractivity contribution is 7.54. The van der Waals surface area contributed by atoms with Crippen LogP contribution in [0.5, 0.6) is 0 Å². The van der Waals surface area contributed by atoms with Gasteiger partial charge in [-0.1, -0.05) is 27.7 Å². The van der Waals surface area contributed by atoms with E-state index in [1.165, 1.54) is 0 Å². The van der Waals surface area contributed by atoms with Gasteiger partial charge in [0.2, 0.25) is 0 Å². The first-order valence-electron chi connectivity index (χ1n) is 10.5. The van der Waals surface area contributed by atoms with E-state index in [2.05, 4.69) is 0 Å². The van der Waals surface area contributed by atoms with E-state index in [4.69, 9.17) is 18.6 Å². The third-order valence-electron chi connectivity index (χ3n) is 4.28. The molecule has 174 valence electrons. The lowest BCUT2D eigenvalue weighted by atomic mass is 9.94. The standard InChI is InChI=1S/C21H44NO6P/c1-13-16(4)27-18(23)21(11,12)28-22(20(8,9)10)17(19(5,6)7)29(24,25-14-2)26-15-3/h16-17H,13-15H2,1-12H3. The monoisotopic (exact) mass is 437 g/mol. The van der Waals surface area contributed by atoms with Gasteiger partial charge in [-0.05, 0) is 67.2 Å². The Labute approximate surface area is 178 Å². The van der Waals surface area contributed by atoms with Gasteiger partial charge in [0.25, 0.3) is 0 Å². The van der Waals surface area contributed by atoms with Crippen LogP contribution in [-0.4, -0.2) is 47.3 Å². The largest absolute Gasteiger partial charge is 0.461 e. The highest BCUT2D eigenvalue weighted by atomic mass is 31.2. The lowest BCUT2D eigenvalue weighted by Gasteiger charge is -2.49. The van der Waals surface area contributed by atoms with Crippen LogP contribution >= 0.6 is 7.60 Å². The van der Waals surface area contributed by atoms with Crippen LogP contribution in [0.1, 0.15) is 89.5 Å². The number of nitrogens with zero attached hydrogens (tertiary/aromatic N) is 1. The Morgan fingerprint density at radius 1 is 0.931 bits per heavy atom. The zero-order valence-corrected chi connectivity index (χ0v) is 21.5. The Kier molecular flexibility index (Phi) is 10.5. The molecule has 0 saturated heterocycles. The fraction of sp³-hybridized carbons (Fsp3) is 0.952. The summed E-state index contributed by atoms with van der Waals surface area (Å²) in [4.78, 5) is 19.0. The van der Waals surface area contributed by atoms with Crippen molar-refractivity contribution < 1.29 is 28.0 Å². The molecule has 0 aliphatic heterocycles. The molecule has 2 atom stereocenters. The summed E-state index contributed by atoms with van der Waals surface area (Å²) < 4.78 is 30.7. The van der Waals surface area contributed by atoms with Crippen LogP contribution in [0, 0.1) is 5.41 Å². The van der Waals surface area contributed by atoms with Crippen molar-refractivity contribution in [1.82, 2.24) is 5.06 Å². The molecule has 29 heavy (non-hydrogen) atoms. The molecule has 0 aliphatic carbocycles. The van der Waals surface area contributed by atoms with Gasteiger partial charge in [0.15, 0.2) is 5.60 Å². The molecule has 0 bridgehead atoms. The highest BCUT2D eigenvalue weighted by Gasteiger charge is 2.53. The topological polar surface area (TPSA) is 74.3 Å². The molecule has 0 aromatic carbocycles. The number of rotatable bonds is 11. The minimum Gasteiger partial charge on any atom is -0.461 e.